The van der Waals surface area contributed by atoms with E-state index < -0.39 is 0 Å². The van der Waals surface area contributed by atoms with Crippen molar-refractivity contribution < 1.29 is 14.3 Å². The first-order chi connectivity index (χ1) is 14.5. The van der Waals surface area contributed by atoms with E-state index in [0.717, 1.165) is 29.7 Å². The van der Waals surface area contributed by atoms with Gasteiger partial charge >= 0.3 is 0 Å². The molecule has 0 saturated carbocycles. The van der Waals surface area contributed by atoms with Crippen molar-refractivity contribution >= 4 is 22.8 Å². The summed E-state index contributed by atoms with van der Waals surface area (Å²) < 4.78 is 5.54. The van der Waals surface area contributed by atoms with E-state index in [1.807, 2.05) is 29.2 Å². The highest BCUT2D eigenvalue weighted by molar-refractivity contribution is 5.94. The summed E-state index contributed by atoms with van der Waals surface area (Å²) in [4.78, 5) is 36.1. The molecule has 1 N–H and O–H groups in total. The van der Waals surface area contributed by atoms with Crippen LogP contribution < -0.4 is 4.74 Å². The Morgan fingerprint density at radius 3 is 2.63 bits per heavy atom. The first-order valence-corrected chi connectivity index (χ1v) is 10.2. The van der Waals surface area contributed by atoms with Gasteiger partial charge in [-0.25, -0.2) is 4.98 Å². The number of amides is 2. The lowest BCUT2D eigenvalue weighted by atomic mass is 9.95. The maximum Gasteiger partial charge on any atom is 0.259 e. The number of carbonyl (C=O) groups is 2. The number of aromatic amines is 1. The number of likely N-dealkylation sites (tertiary alicyclic amines) is 1. The minimum atomic E-state index is -0.126. The van der Waals surface area contributed by atoms with E-state index in [4.69, 9.17) is 9.72 Å². The fourth-order valence-corrected chi connectivity index (χ4v) is 3.70. The number of rotatable bonds is 5. The Bertz CT molecular complexity index is 1020. The van der Waals surface area contributed by atoms with Crippen LogP contribution in [0.3, 0.4) is 0 Å². The molecule has 2 heterocycles. The zero-order valence-corrected chi connectivity index (χ0v) is 17.3. The molecular formula is C23H26N4O3. The second-order valence-electron chi connectivity index (χ2n) is 7.81. The molecule has 2 amide bonds. The molecule has 0 unspecified atom stereocenters. The molecule has 0 atom stereocenters. The minimum Gasteiger partial charge on any atom is -0.484 e. The second-order valence-corrected chi connectivity index (χ2v) is 7.81. The van der Waals surface area contributed by atoms with Crippen LogP contribution in [0.2, 0.25) is 0 Å². The van der Waals surface area contributed by atoms with Crippen molar-refractivity contribution in [2.45, 2.75) is 18.8 Å². The minimum absolute atomic E-state index is 0.0116. The molecule has 0 spiro atoms. The number of imidazole rings is 1. The molecule has 0 bridgehead atoms. The molecule has 156 valence electrons. The van der Waals surface area contributed by atoms with Crippen LogP contribution in [0.15, 0.2) is 48.5 Å². The van der Waals surface area contributed by atoms with Gasteiger partial charge in [-0.2, -0.15) is 0 Å². The van der Waals surface area contributed by atoms with E-state index in [2.05, 4.69) is 4.98 Å². The van der Waals surface area contributed by atoms with Crippen molar-refractivity contribution in [2.24, 2.45) is 0 Å². The summed E-state index contributed by atoms with van der Waals surface area (Å²) in [6, 6.07) is 15.1. The molecule has 0 aliphatic carbocycles. The van der Waals surface area contributed by atoms with Crippen LogP contribution in [0.5, 0.6) is 5.75 Å². The number of nitrogens with zero attached hydrogens (tertiary/aromatic N) is 3. The number of ether oxygens (including phenoxy) is 1. The third-order valence-corrected chi connectivity index (χ3v) is 5.52. The molecule has 4 rings (SSSR count). The Morgan fingerprint density at radius 2 is 1.90 bits per heavy atom. The number of likely N-dealkylation sites (N-methyl/N-ethyl adjacent to an activating group) is 1. The lowest BCUT2D eigenvalue weighted by Crippen LogP contribution is -2.38. The third kappa shape index (κ3) is 4.30. The van der Waals surface area contributed by atoms with Gasteiger partial charge in [0, 0.05) is 38.7 Å². The SMILES string of the molecule is CN(C)C(=O)COc1cccc(C(=O)N2CCC(c3nc4ccccc4[nH]3)CC2)c1. The molecular weight excluding hydrogens is 380 g/mol. The number of para-hydroxylation sites is 2. The lowest BCUT2D eigenvalue weighted by Gasteiger charge is -2.31. The quantitative estimate of drug-likeness (QED) is 0.706. The summed E-state index contributed by atoms with van der Waals surface area (Å²) in [5.74, 6) is 1.72. The van der Waals surface area contributed by atoms with Crippen LogP contribution in [0, 0.1) is 0 Å². The van der Waals surface area contributed by atoms with Gasteiger partial charge in [0.15, 0.2) is 6.61 Å². The predicted molar refractivity (Wildman–Crippen MR) is 115 cm³/mol. The highest BCUT2D eigenvalue weighted by atomic mass is 16.5. The van der Waals surface area contributed by atoms with Crippen molar-refractivity contribution in [1.82, 2.24) is 19.8 Å². The van der Waals surface area contributed by atoms with Gasteiger partial charge in [-0.15, -0.1) is 0 Å². The highest BCUT2D eigenvalue weighted by Gasteiger charge is 2.26. The normalized spacial score (nSPS) is 14.7. The van der Waals surface area contributed by atoms with E-state index in [1.165, 1.54) is 4.90 Å². The molecule has 0 radical (unpaired) electrons. The van der Waals surface area contributed by atoms with Crippen molar-refractivity contribution in [3.63, 3.8) is 0 Å². The Balaban J connectivity index is 1.37. The monoisotopic (exact) mass is 406 g/mol. The standard InChI is InChI=1S/C23H26N4O3/c1-26(2)21(28)15-30-18-7-5-6-17(14-18)23(29)27-12-10-16(11-13-27)22-24-19-8-3-4-9-20(19)25-22/h3-9,14,16H,10-13,15H2,1-2H3,(H,24,25). The van der Waals surface area contributed by atoms with Gasteiger partial charge in [-0.1, -0.05) is 18.2 Å². The molecule has 7 nitrogen and oxygen atoms in total. The number of fused-ring (bicyclic) bond motifs is 1. The number of benzene rings is 2. The van der Waals surface area contributed by atoms with E-state index in [-0.39, 0.29) is 18.4 Å². The molecule has 1 aliphatic heterocycles. The Kier molecular flexibility index (Phi) is 5.70. The molecule has 1 aromatic heterocycles. The zero-order chi connectivity index (χ0) is 21.1. The van der Waals surface area contributed by atoms with Crippen molar-refractivity contribution in [3.05, 3.63) is 59.9 Å². The van der Waals surface area contributed by atoms with Crippen molar-refractivity contribution in [3.8, 4) is 5.75 Å². The molecule has 3 aromatic rings. The Morgan fingerprint density at radius 1 is 1.13 bits per heavy atom. The number of hydrogen-bond acceptors (Lipinski definition) is 4. The molecule has 2 aromatic carbocycles. The molecule has 1 fully saturated rings. The Hall–Kier alpha value is -3.35. The van der Waals surface area contributed by atoms with Gasteiger partial charge in [0.1, 0.15) is 11.6 Å². The van der Waals surface area contributed by atoms with E-state index >= 15 is 0 Å². The summed E-state index contributed by atoms with van der Waals surface area (Å²) in [7, 11) is 3.36. The van der Waals surface area contributed by atoms with E-state index in [0.29, 0.717) is 30.3 Å². The number of aromatic nitrogens is 2. The maximum atomic E-state index is 13.0. The van der Waals surface area contributed by atoms with Crippen LogP contribution in [-0.4, -0.2) is 65.4 Å². The van der Waals surface area contributed by atoms with Crippen LogP contribution in [0.4, 0.5) is 0 Å². The van der Waals surface area contributed by atoms with Crippen LogP contribution in [0.1, 0.15) is 34.9 Å². The first-order valence-electron chi connectivity index (χ1n) is 10.2. The first kappa shape index (κ1) is 19.9. The largest absolute Gasteiger partial charge is 0.484 e. The van der Waals surface area contributed by atoms with Gasteiger partial charge in [0.25, 0.3) is 11.8 Å². The average Bonchev–Trinajstić information content (AvgIpc) is 3.21. The fraction of sp³-hybridized carbons (Fsp3) is 0.348. The number of piperidine rings is 1. The average molecular weight is 406 g/mol. The third-order valence-electron chi connectivity index (χ3n) is 5.52. The van der Waals surface area contributed by atoms with Gasteiger partial charge in [-0.3, -0.25) is 9.59 Å². The predicted octanol–water partition coefficient (Wildman–Crippen LogP) is 3.05. The number of H-pyrrole nitrogens is 1. The van der Waals surface area contributed by atoms with Gasteiger partial charge in [0.05, 0.1) is 11.0 Å². The Labute approximate surface area is 175 Å². The topological polar surface area (TPSA) is 78.5 Å². The summed E-state index contributed by atoms with van der Waals surface area (Å²) in [6.07, 6.45) is 1.75. The van der Waals surface area contributed by atoms with Gasteiger partial charge in [0.2, 0.25) is 0 Å². The van der Waals surface area contributed by atoms with Gasteiger partial charge in [-0.05, 0) is 43.2 Å². The summed E-state index contributed by atoms with van der Waals surface area (Å²) in [5, 5.41) is 0. The van der Waals surface area contributed by atoms with Crippen molar-refractivity contribution in [2.75, 3.05) is 33.8 Å². The lowest BCUT2D eigenvalue weighted by molar-refractivity contribution is -0.130. The number of hydrogen-bond donors (Lipinski definition) is 1. The highest BCUT2D eigenvalue weighted by Crippen LogP contribution is 2.28. The van der Waals surface area contributed by atoms with Crippen LogP contribution in [-0.2, 0) is 4.79 Å². The van der Waals surface area contributed by atoms with E-state index in [9.17, 15) is 9.59 Å². The number of nitrogens with one attached hydrogen (secondary N) is 1. The second kappa shape index (κ2) is 8.57. The summed E-state index contributed by atoms with van der Waals surface area (Å²) in [5.41, 5.74) is 2.61. The maximum absolute atomic E-state index is 13.0. The van der Waals surface area contributed by atoms with E-state index in [1.54, 1.807) is 38.4 Å². The smallest absolute Gasteiger partial charge is 0.259 e. The summed E-state index contributed by atoms with van der Waals surface area (Å²) >= 11 is 0. The molecule has 1 aliphatic rings. The molecule has 7 heteroatoms. The fourth-order valence-electron chi connectivity index (χ4n) is 3.70. The molecule has 1 saturated heterocycles. The van der Waals surface area contributed by atoms with Gasteiger partial charge < -0.3 is 19.5 Å². The summed E-state index contributed by atoms with van der Waals surface area (Å²) in [6.45, 7) is 1.32. The van der Waals surface area contributed by atoms with Crippen LogP contribution in [0.25, 0.3) is 11.0 Å². The zero-order valence-electron chi connectivity index (χ0n) is 17.3. The van der Waals surface area contributed by atoms with Crippen molar-refractivity contribution in [1.29, 1.82) is 0 Å². The molecule has 30 heavy (non-hydrogen) atoms. The van der Waals surface area contributed by atoms with Crippen LogP contribution >= 0.6 is 0 Å². The number of carbonyl (C=O) groups excluding carboxylic acids is 2.